The van der Waals surface area contributed by atoms with Crippen LogP contribution in [0.5, 0.6) is 0 Å². The van der Waals surface area contributed by atoms with Crippen LogP contribution in [0.1, 0.15) is 19.8 Å². The quantitative estimate of drug-likeness (QED) is 0.584. The van der Waals surface area contributed by atoms with E-state index in [-0.39, 0.29) is 0 Å². The van der Waals surface area contributed by atoms with E-state index < -0.39 is 0 Å². The fourth-order valence-electron chi connectivity index (χ4n) is 1.19. The second-order valence-electron chi connectivity index (χ2n) is 3.27. The molecular weight excluding hydrogens is 190 g/mol. The second kappa shape index (κ2) is 5.81. The number of unbranched alkanes of at least 4 members (excludes halogenated alkanes) is 1. The molecule has 0 amide bonds. The number of nitrogens with zero attached hydrogens (tertiary/aromatic N) is 4. The maximum atomic E-state index is 8.46. The highest BCUT2D eigenvalue weighted by Crippen LogP contribution is 2.12. The zero-order valence-electron chi connectivity index (χ0n) is 9.06. The molecule has 0 saturated carbocycles. The average Bonchev–Trinajstić information content (AvgIpc) is 2.27. The Balaban J connectivity index is 2.68. The number of hydrogen-bond donors (Lipinski definition) is 1. The predicted octanol–water partition coefficient (Wildman–Crippen LogP) is 1.61. The summed E-state index contributed by atoms with van der Waals surface area (Å²) < 4.78 is 0. The lowest BCUT2D eigenvalue weighted by Crippen LogP contribution is -2.19. The predicted molar refractivity (Wildman–Crippen MR) is 59.4 cm³/mol. The van der Waals surface area contributed by atoms with Crippen LogP contribution in [-0.4, -0.2) is 23.6 Å². The van der Waals surface area contributed by atoms with Gasteiger partial charge in [-0.25, -0.2) is 9.97 Å². The maximum Gasteiger partial charge on any atom is 0.182 e. The lowest BCUT2D eigenvalue weighted by molar-refractivity contribution is 0.758. The number of anilines is 2. The number of aromatic nitrogens is 2. The zero-order chi connectivity index (χ0) is 11.1. The zero-order valence-corrected chi connectivity index (χ0v) is 9.06. The smallest absolute Gasteiger partial charge is 0.182 e. The molecule has 1 aromatic heterocycles. The lowest BCUT2D eigenvalue weighted by Gasteiger charge is -2.17. The van der Waals surface area contributed by atoms with Gasteiger partial charge in [0, 0.05) is 19.7 Å². The standard InChI is InChI=1S/C10H15N5/c1-3-4-5-15(2)10-6-9(12-7-11)13-8-14-10/h6,8H,3-5H2,1-2H3,(H,12,13,14). The van der Waals surface area contributed by atoms with Gasteiger partial charge in [-0.05, 0) is 6.42 Å². The first kappa shape index (κ1) is 11.2. The summed E-state index contributed by atoms with van der Waals surface area (Å²) in [6.07, 6.45) is 5.57. The Hall–Kier alpha value is -1.83. The molecule has 0 aliphatic carbocycles. The van der Waals surface area contributed by atoms with Gasteiger partial charge >= 0.3 is 0 Å². The fourth-order valence-corrected chi connectivity index (χ4v) is 1.19. The Labute approximate surface area is 89.8 Å². The Bertz CT molecular complexity index is 344. The van der Waals surface area contributed by atoms with Gasteiger partial charge < -0.3 is 4.90 Å². The van der Waals surface area contributed by atoms with Crippen molar-refractivity contribution in [3.63, 3.8) is 0 Å². The summed E-state index contributed by atoms with van der Waals surface area (Å²) in [6, 6.07) is 1.76. The van der Waals surface area contributed by atoms with E-state index in [1.165, 1.54) is 6.33 Å². The first-order valence-corrected chi connectivity index (χ1v) is 4.96. The van der Waals surface area contributed by atoms with Crippen molar-refractivity contribution in [3.05, 3.63) is 12.4 Å². The highest BCUT2D eigenvalue weighted by Gasteiger charge is 2.03. The van der Waals surface area contributed by atoms with Crippen LogP contribution >= 0.6 is 0 Å². The van der Waals surface area contributed by atoms with Crippen LogP contribution in [0, 0.1) is 11.5 Å². The summed E-state index contributed by atoms with van der Waals surface area (Å²) in [4.78, 5) is 10.1. The molecule has 0 atom stereocenters. The molecule has 0 spiro atoms. The highest BCUT2D eigenvalue weighted by atomic mass is 15.2. The monoisotopic (exact) mass is 205 g/mol. The number of nitrogens with one attached hydrogen (secondary N) is 1. The topological polar surface area (TPSA) is 64.8 Å². The molecule has 0 aliphatic rings. The summed E-state index contributed by atoms with van der Waals surface area (Å²) in [6.45, 7) is 3.11. The molecule has 0 radical (unpaired) electrons. The van der Waals surface area contributed by atoms with E-state index in [1.54, 1.807) is 6.07 Å². The molecule has 0 unspecified atom stereocenters. The van der Waals surface area contributed by atoms with E-state index >= 15 is 0 Å². The minimum absolute atomic E-state index is 0.533. The average molecular weight is 205 g/mol. The third kappa shape index (κ3) is 3.43. The molecule has 80 valence electrons. The molecule has 1 N–H and O–H groups in total. The van der Waals surface area contributed by atoms with Crippen molar-refractivity contribution >= 4 is 11.6 Å². The van der Waals surface area contributed by atoms with Crippen LogP contribution < -0.4 is 10.2 Å². The first-order valence-electron chi connectivity index (χ1n) is 4.96. The van der Waals surface area contributed by atoms with Gasteiger partial charge in [-0.3, -0.25) is 5.32 Å². The van der Waals surface area contributed by atoms with Gasteiger partial charge in [0.15, 0.2) is 6.19 Å². The van der Waals surface area contributed by atoms with Crippen molar-refractivity contribution in [2.75, 3.05) is 23.8 Å². The van der Waals surface area contributed by atoms with E-state index in [9.17, 15) is 0 Å². The largest absolute Gasteiger partial charge is 0.360 e. The molecule has 0 aromatic carbocycles. The van der Waals surface area contributed by atoms with Gasteiger partial charge in [0.05, 0.1) is 0 Å². The van der Waals surface area contributed by atoms with Gasteiger partial charge in [0.25, 0.3) is 0 Å². The third-order valence-electron chi connectivity index (χ3n) is 2.07. The van der Waals surface area contributed by atoms with Crippen LogP contribution in [0.3, 0.4) is 0 Å². The van der Waals surface area contributed by atoms with E-state index in [4.69, 9.17) is 5.26 Å². The Kier molecular flexibility index (Phi) is 4.35. The SMILES string of the molecule is CCCCN(C)c1cc(NC#N)ncn1. The van der Waals surface area contributed by atoms with E-state index in [1.807, 2.05) is 18.1 Å². The van der Waals surface area contributed by atoms with Crippen molar-refractivity contribution in [1.82, 2.24) is 9.97 Å². The van der Waals surface area contributed by atoms with Crippen LogP contribution in [0.2, 0.25) is 0 Å². The van der Waals surface area contributed by atoms with Crippen molar-refractivity contribution in [3.8, 4) is 6.19 Å². The summed E-state index contributed by atoms with van der Waals surface area (Å²) >= 11 is 0. The maximum absolute atomic E-state index is 8.46. The van der Waals surface area contributed by atoms with Gasteiger partial charge in [-0.2, -0.15) is 5.26 Å². The Morgan fingerprint density at radius 3 is 3.00 bits per heavy atom. The summed E-state index contributed by atoms with van der Waals surface area (Å²) in [5.74, 6) is 1.36. The second-order valence-corrected chi connectivity index (χ2v) is 3.27. The van der Waals surface area contributed by atoms with Crippen molar-refractivity contribution in [2.45, 2.75) is 19.8 Å². The number of nitriles is 1. The van der Waals surface area contributed by atoms with Crippen molar-refractivity contribution in [2.24, 2.45) is 0 Å². The van der Waals surface area contributed by atoms with Crippen LogP contribution in [0.4, 0.5) is 11.6 Å². The molecule has 0 saturated heterocycles. The molecule has 5 nitrogen and oxygen atoms in total. The molecule has 0 bridgehead atoms. The lowest BCUT2D eigenvalue weighted by atomic mass is 10.3. The molecule has 1 rings (SSSR count). The molecule has 15 heavy (non-hydrogen) atoms. The van der Waals surface area contributed by atoms with Gasteiger partial charge in [-0.1, -0.05) is 13.3 Å². The fraction of sp³-hybridized carbons (Fsp3) is 0.500. The van der Waals surface area contributed by atoms with Crippen molar-refractivity contribution in [1.29, 1.82) is 5.26 Å². The Morgan fingerprint density at radius 2 is 2.33 bits per heavy atom. The molecule has 0 aliphatic heterocycles. The first-order chi connectivity index (χ1) is 7.27. The van der Waals surface area contributed by atoms with E-state index in [0.29, 0.717) is 5.82 Å². The summed E-state index contributed by atoms with van der Waals surface area (Å²) in [7, 11) is 1.98. The Morgan fingerprint density at radius 1 is 1.53 bits per heavy atom. The van der Waals surface area contributed by atoms with Crippen LogP contribution in [0.25, 0.3) is 0 Å². The normalized spacial score (nSPS) is 9.40. The van der Waals surface area contributed by atoms with E-state index in [2.05, 4.69) is 22.2 Å². The third-order valence-corrected chi connectivity index (χ3v) is 2.07. The minimum atomic E-state index is 0.533. The molecule has 0 fully saturated rings. The van der Waals surface area contributed by atoms with Crippen molar-refractivity contribution < 1.29 is 0 Å². The number of rotatable bonds is 5. The highest BCUT2D eigenvalue weighted by molar-refractivity contribution is 5.49. The van der Waals surface area contributed by atoms with Gasteiger partial charge in [0.1, 0.15) is 18.0 Å². The van der Waals surface area contributed by atoms with Crippen LogP contribution in [0.15, 0.2) is 12.4 Å². The van der Waals surface area contributed by atoms with Gasteiger partial charge in [0.2, 0.25) is 0 Å². The van der Waals surface area contributed by atoms with E-state index in [0.717, 1.165) is 25.2 Å². The minimum Gasteiger partial charge on any atom is -0.360 e. The van der Waals surface area contributed by atoms with Crippen LogP contribution in [-0.2, 0) is 0 Å². The summed E-state index contributed by atoms with van der Waals surface area (Å²) in [5.41, 5.74) is 0. The molecule has 1 heterocycles. The number of hydrogen-bond acceptors (Lipinski definition) is 5. The molecule has 1 aromatic rings. The summed E-state index contributed by atoms with van der Waals surface area (Å²) in [5, 5.41) is 10.9. The molecular formula is C10H15N5. The molecule has 5 heteroatoms. The van der Waals surface area contributed by atoms with Gasteiger partial charge in [-0.15, -0.1) is 0 Å².